The van der Waals surface area contributed by atoms with Crippen LogP contribution in [0.3, 0.4) is 0 Å². The third kappa shape index (κ3) is 6.60. The molecular formula is C24H22Cl2N2O5. The maximum Gasteiger partial charge on any atom is 0.325 e. The van der Waals surface area contributed by atoms with Crippen molar-refractivity contribution in [3.63, 3.8) is 0 Å². The van der Waals surface area contributed by atoms with Gasteiger partial charge in [0.05, 0.1) is 22.2 Å². The molecule has 7 nitrogen and oxygen atoms in total. The van der Waals surface area contributed by atoms with Crippen LogP contribution in [0, 0.1) is 6.92 Å². The first-order valence-electron chi connectivity index (χ1n) is 10.1. The van der Waals surface area contributed by atoms with E-state index in [0.717, 1.165) is 11.1 Å². The number of carbonyl (C=O) groups excluding carboxylic acids is 2. The summed E-state index contributed by atoms with van der Waals surface area (Å²) in [4.78, 5) is 23.1. The van der Waals surface area contributed by atoms with Gasteiger partial charge in [0.25, 0.3) is 0 Å². The molecule has 172 valence electrons. The molecule has 1 amide bonds. The molecule has 0 saturated heterocycles. The Morgan fingerprint density at radius 1 is 1.12 bits per heavy atom. The van der Waals surface area contributed by atoms with E-state index in [0.29, 0.717) is 32.8 Å². The monoisotopic (exact) mass is 488 g/mol. The van der Waals surface area contributed by atoms with Gasteiger partial charge in [0.15, 0.2) is 0 Å². The summed E-state index contributed by atoms with van der Waals surface area (Å²) in [5.41, 5.74) is 2.67. The van der Waals surface area contributed by atoms with E-state index in [-0.39, 0.29) is 19.8 Å². The van der Waals surface area contributed by atoms with E-state index < -0.39 is 11.9 Å². The van der Waals surface area contributed by atoms with Crippen LogP contribution in [0.1, 0.15) is 23.8 Å². The standard InChI is InChI=1S/C24H22Cl2N2O5/c1-3-31-22(30)13-27-21(29)12-9-16-7-10-17(11-8-16)32-14-18-15(2)33-28-24(18)23-19(25)5-4-6-20(23)26/h4-12H,3,13-14H2,1-2H3,(H,27,29)/b12-9+. The van der Waals surface area contributed by atoms with Crippen molar-refractivity contribution in [3.05, 3.63) is 75.5 Å². The normalized spacial score (nSPS) is 10.9. The third-order valence-corrected chi connectivity index (χ3v) is 5.22. The molecule has 0 aliphatic heterocycles. The summed E-state index contributed by atoms with van der Waals surface area (Å²) in [7, 11) is 0. The molecule has 1 N–H and O–H groups in total. The van der Waals surface area contributed by atoms with Gasteiger partial charge in [-0.15, -0.1) is 0 Å². The molecule has 1 aromatic heterocycles. The minimum atomic E-state index is -0.483. The van der Waals surface area contributed by atoms with Gasteiger partial charge in [0, 0.05) is 11.6 Å². The van der Waals surface area contributed by atoms with E-state index >= 15 is 0 Å². The number of hydrogen-bond acceptors (Lipinski definition) is 6. The molecule has 0 spiro atoms. The molecule has 0 fully saturated rings. The number of ether oxygens (including phenoxy) is 2. The highest BCUT2D eigenvalue weighted by atomic mass is 35.5. The van der Waals surface area contributed by atoms with Crippen LogP contribution >= 0.6 is 23.2 Å². The summed E-state index contributed by atoms with van der Waals surface area (Å²) < 4.78 is 16.0. The van der Waals surface area contributed by atoms with Crippen LogP contribution < -0.4 is 10.1 Å². The Kier molecular flexibility index (Phi) is 8.52. The molecule has 1 heterocycles. The van der Waals surface area contributed by atoms with Crippen molar-refractivity contribution in [2.45, 2.75) is 20.5 Å². The molecule has 0 saturated carbocycles. The molecule has 3 rings (SSSR count). The van der Waals surface area contributed by atoms with E-state index in [2.05, 4.69) is 10.5 Å². The number of aromatic nitrogens is 1. The Morgan fingerprint density at radius 3 is 2.48 bits per heavy atom. The molecule has 0 atom stereocenters. The highest BCUT2D eigenvalue weighted by molar-refractivity contribution is 6.39. The lowest BCUT2D eigenvalue weighted by Crippen LogP contribution is -2.29. The summed E-state index contributed by atoms with van der Waals surface area (Å²) in [6.07, 6.45) is 2.97. The van der Waals surface area contributed by atoms with Gasteiger partial charge in [0.2, 0.25) is 5.91 Å². The number of benzene rings is 2. The van der Waals surface area contributed by atoms with Crippen molar-refractivity contribution >= 4 is 41.2 Å². The van der Waals surface area contributed by atoms with Gasteiger partial charge in [-0.3, -0.25) is 9.59 Å². The van der Waals surface area contributed by atoms with Crippen LogP contribution in [-0.4, -0.2) is 30.2 Å². The molecular weight excluding hydrogens is 467 g/mol. The van der Waals surface area contributed by atoms with E-state index in [1.165, 1.54) is 6.08 Å². The first-order chi connectivity index (χ1) is 15.9. The van der Waals surface area contributed by atoms with Gasteiger partial charge in [-0.1, -0.05) is 46.6 Å². The van der Waals surface area contributed by atoms with Crippen molar-refractivity contribution in [2.75, 3.05) is 13.2 Å². The number of carbonyl (C=O) groups is 2. The van der Waals surface area contributed by atoms with Crippen LogP contribution in [0.25, 0.3) is 17.3 Å². The zero-order valence-corrected chi connectivity index (χ0v) is 19.6. The first kappa shape index (κ1) is 24.4. The van der Waals surface area contributed by atoms with Gasteiger partial charge in [-0.2, -0.15) is 0 Å². The fourth-order valence-corrected chi connectivity index (χ4v) is 3.49. The van der Waals surface area contributed by atoms with Crippen molar-refractivity contribution in [1.82, 2.24) is 10.5 Å². The van der Waals surface area contributed by atoms with Crippen LogP contribution in [0.15, 0.2) is 53.1 Å². The summed E-state index contributed by atoms with van der Waals surface area (Å²) >= 11 is 12.6. The topological polar surface area (TPSA) is 90.7 Å². The third-order valence-electron chi connectivity index (χ3n) is 4.59. The van der Waals surface area contributed by atoms with Gasteiger partial charge >= 0.3 is 5.97 Å². The molecule has 0 unspecified atom stereocenters. The largest absolute Gasteiger partial charge is 0.489 e. The van der Waals surface area contributed by atoms with Crippen LogP contribution in [0.4, 0.5) is 0 Å². The molecule has 2 aromatic carbocycles. The lowest BCUT2D eigenvalue weighted by atomic mass is 10.1. The van der Waals surface area contributed by atoms with Crippen LogP contribution in [-0.2, 0) is 20.9 Å². The molecule has 33 heavy (non-hydrogen) atoms. The Hall–Kier alpha value is -3.29. The highest BCUT2D eigenvalue weighted by Crippen LogP contribution is 2.37. The van der Waals surface area contributed by atoms with Gasteiger partial charge in [0.1, 0.15) is 30.4 Å². The predicted molar refractivity (Wildman–Crippen MR) is 126 cm³/mol. The van der Waals surface area contributed by atoms with E-state index in [1.54, 1.807) is 62.4 Å². The second-order valence-corrected chi connectivity index (χ2v) is 7.69. The second kappa shape index (κ2) is 11.5. The van der Waals surface area contributed by atoms with E-state index in [4.69, 9.17) is 37.2 Å². The molecule has 0 aliphatic carbocycles. The van der Waals surface area contributed by atoms with Crippen molar-refractivity contribution < 1.29 is 23.6 Å². The fraction of sp³-hybridized carbons (Fsp3) is 0.208. The maximum absolute atomic E-state index is 11.8. The van der Waals surface area contributed by atoms with Crippen LogP contribution in [0.2, 0.25) is 10.0 Å². The Balaban J connectivity index is 1.61. The highest BCUT2D eigenvalue weighted by Gasteiger charge is 2.20. The Bertz CT molecular complexity index is 1140. The Morgan fingerprint density at radius 2 is 1.82 bits per heavy atom. The van der Waals surface area contributed by atoms with Crippen LogP contribution in [0.5, 0.6) is 5.75 Å². The van der Waals surface area contributed by atoms with E-state index in [9.17, 15) is 9.59 Å². The summed E-state index contributed by atoms with van der Waals surface area (Å²) in [5, 5.41) is 7.51. The molecule has 9 heteroatoms. The van der Waals surface area contributed by atoms with Gasteiger partial charge in [-0.25, -0.2) is 0 Å². The number of esters is 1. The average molecular weight is 489 g/mol. The lowest BCUT2D eigenvalue weighted by Gasteiger charge is -2.09. The molecule has 0 bridgehead atoms. The lowest BCUT2D eigenvalue weighted by molar-refractivity contribution is -0.143. The number of aryl methyl sites for hydroxylation is 1. The maximum atomic E-state index is 11.8. The number of hydrogen-bond donors (Lipinski definition) is 1. The molecule has 3 aromatic rings. The number of nitrogens with one attached hydrogen (secondary N) is 1. The minimum absolute atomic E-state index is 0.173. The van der Waals surface area contributed by atoms with Crippen molar-refractivity contribution in [2.24, 2.45) is 0 Å². The Labute approximate surface area is 201 Å². The van der Waals surface area contributed by atoms with Gasteiger partial charge in [-0.05, 0) is 49.8 Å². The average Bonchev–Trinajstić information content (AvgIpc) is 3.15. The van der Waals surface area contributed by atoms with Crippen molar-refractivity contribution in [1.29, 1.82) is 0 Å². The van der Waals surface area contributed by atoms with E-state index in [1.807, 2.05) is 0 Å². The second-order valence-electron chi connectivity index (χ2n) is 6.88. The zero-order chi connectivity index (χ0) is 23.8. The predicted octanol–water partition coefficient (Wildman–Crippen LogP) is 5.23. The summed E-state index contributed by atoms with van der Waals surface area (Å²) in [6.45, 7) is 3.80. The van der Waals surface area contributed by atoms with Crippen molar-refractivity contribution in [3.8, 4) is 17.0 Å². The number of nitrogens with zero attached hydrogens (tertiary/aromatic N) is 1. The molecule has 0 aliphatic rings. The SMILES string of the molecule is CCOC(=O)CNC(=O)/C=C/c1ccc(OCc2c(-c3c(Cl)cccc3Cl)noc2C)cc1. The quantitative estimate of drug-likeness (QED) is 0.327. The minimum Gasteiger partial charge on any atom is -0.489 e. The fourth-order valence-electron chi connectivity index (χ4n) is 2.91. The first-order valence-corrected chi connectivity index (χ1v) is 10.9. The summed E-state index contributed by atoms with van der Waals surface area (Å²) in [5.74, 6) is 0.353. The number of amides is 1. The summed E-state index contributed by atoms with van der Waals surface area (Å²) in [6, 6.07) is 12.4. The smallest absolute Gasteiger partial charge is 0.325 e. The van der Waals surface area contributed by atoms with Gasteiger partial charge < -0.3 is 19.3 Å². The number of rotatable bonds is 9. The molecule has 0 radical (unpaired) electrons. The number of halogens is 2. The zero-order valence-electron chi connectivity index (χ0n) is 18.1.